The molecular weight excluding hydrogens is 429 g/mol. The standard InChI is InChI=1S/C12H6Br2ClN3OS/c13-9-8-11(15)16-6-17-12(8)18(10(9)14)20(19)7-4-2-1-3-5-7/h1-6H. The fourth-order valence-electron chi connectivity index (χ4n) is 1.78. The van der Waals surface area contributed by atoms with Crippen molar-refractivity contribution in [3.63, 3.8) is 0 Å². The third-order valence-electron chi connectivity index (χ3n) is 2.66. The van der Waals surface area contributed by atoms with Gasteiger partial charge in [-0.25, -0.2) is 18.1 Å². The van der Waals surface area contributed by atoms with Crippen molar-refractivity contribution < 1.29 is 4.21 Å². The van der Waals surface area contributed by atoms with Crippen molar-refractivity contribution in [2.24, 2.45) is 0 Å². The third kappa shape index (κ3) is 2.22. The van der Waals surface area contributed by atoms with Crippen LogP contribution in [0.2, 0.25) is 5.15 Å². The van der Waals surface area contributed by atoms with Crippen molar-refractivity contribution in [2.75, 3.05) is 0 Å². The van der Waals surface area contributed by atoms with E-state index in [2.05, 4.69) is 41.8 Å². The van der Waals surface area contributed by atoms with E-state index in [1.54, 1.807) is 16.1 Å². The van der Waals surface area contributed by atoms with Crippen LogP contribution in [0.3, 0.4) is 0 Å². The first kappa shape index (κ1) is 14.2. The molecule has 102 valence electrons. The summed E-state index contributed by atoms with van der Waals surface area (Å²) < 4.78 is 15.6. The van der Waals surface area contributed by atoms with Crippen molar-refractivity contribution in [3.8, 4) is 0 Å². The van der Waals surface area contributed by atoms with Crippen LogP contribution in [0.15, 0.2) is 50.6 Å². The highest BCUT2D eigenvalue weighted by molar-refractivity contribution is 9.13. The van der Waals surface area contributed by atoms with Crippen molar-refractivity contribution in [1.29, 1.82) is 0 Å². The lowest BCUT2D eigenvalue weighted by atomic mass is 10.4. The first-order valence-electron chi connectivity index (χ1n) is 5.44. The smallest absolute Gasteiger partial charge is 0.159 e. The summed E-state index contributed by atoms with van der Waals surface area (Å²) in [5, 5.41) is 0.941. The maximum atomic E-state index is 12.7. The molecule has 3 rings (SSSR count). The minimum absolute atomic E-state index is 0.311. The lowest BCUT2D eigenvalue weighted by Gasteiger charge is -2.05. The van der Waals surface area contributed by atoms with Gasteiger partial charge in [0.1, 0.15) is 16.1 Å². The Morgan fingerprint density at radius 3 is 2.55 bits per heavy atom. The van der Waals surface area contributed by atoms with E-state index in [0.29, 0.717) is 30.2 Å². The van der Waals surface area contributed by atoms with E-state index >= 15 is 0 Å². The zero-order valence-electron chi connectivity index (χ0n) is 9.76. The zero-order chi connectivity index (χ0) is 14.3. The second kappa shape index (κ2) is 5.55. The number of hydrogen-bond acceptors (Lipinski definition) is 3. The van der Waals surface area contributed by atoms with Crippen LogP contribution in [0.4, 0.5) is 0 Å². The highest BCUT2D eigenvalue weighted by Gasteiger charge is 2.22. The highest BCUT2D eigenvalue weighted by Crippen LogP contribution is 2.38. The maximum Gasteiger partial charge on any atom is 0.159 e. The second-order valence-electron chi connectivity index (χ2n) is 3.82. The number of rotatable bonds is 2. The van der Waals surface area contributed by atoms with Crippen molar-refractivity contribution in [3.05, 3.63) is 50.9 Å². The van der Waals surface area contributed by atoms with E-state index in [1.165, 1.54) is 6.33 Å². The molecule has 0 saturated carbocycles. The van der Waals surface area contributed by atoms with Gasteiger partial charge < -0.3 is 0 Å². The normalized spacial score (nSPS) is 12.8. The lowest BCUT2D eigenvalue weighted by Crippen LogP contribution is -2.06. The Balaban J connectivity index is 2.30. The van der Waals surface area contributed by atoms with Gasteiger partial charge in [-0.3, -0.25) is 0 Å². The number of nitrogens with zero attached hydrogens (tertiary/aromatic N) is 3. The number of hydrogen-bond donors (Lipinski definition) is 0. The quantitative estimate of drug-likeness (QED) is 0.568. The SMILES string of the molecule is O=S(c1ccccc1)n1c(Br)c(Br)c2c(Cl)ncnc21. The fraction of sp³-hybridized carbons (Fsp3) is 0. The molecule has 1 atom stereocenters. The van der Waals surface area contributed by atoms with E-state index in [1.807, 2.05) is 18.2 Å². The minimum atomic E-state index is -1.43. The average molecular weight is 436 g/mol. The molecule has 4 nitrogen and oxygen atoms in total. The van der Waals surface area contributed by atoms with Gasteiger partial charge in [-0.15, -0.1) is 0 Å². The molecule has 1 aromatic carbocycles. The molecule has 0 spiro atoms. The molecule has 0 saturated heterocycles. The first-order valence-corrected chi connectivity index (χ1v) is 8.51. The van der Waals surface area contributed by atoms with Crippen LogP contribution in [0.5, 0.6) is 0 Å². The highest BCUT2D eigenvalue weighted by atomic mass is 79.9. The molecule has 0 N–H and O–H groups in total. The molecular formula is C12H6Br2ClN3OS. The Morgan fingerprint density at radius 2 is 1.85 bits per heavy atom. The Hall–Kier alpha value is -0.760. The molecule has 0 fully saturated rings. The van der Waals surface area contributed by atoms with Gasteiger partial charge in [0.2, 0.25) is 0 Å². The van der Waals surface area contributed by atoms with E-state index in [4.69, 9.17) is 11.6 Å². The van der Waals surface area contributed by atoms with Crippen LogP contribution in [-0.2, 0) is 11.0 Å². The summed E-state index contributed by atoms with van der Waals surface area (Å²) >= 11 is 12.9. The van der Waals surface area contributed by atoms with Crippen molar-refractivity contribution >= 4 is 65.5 Å². The number of aromatic nitrogens is 3. The molecule has 8 heteroatoms. The summed E-state index contributed by atoms with van der Waals surface area (Å²) in [6.07, 6.45) is 1.35. The van der Waals surface area contributed by atoms with Gasteiger partial charge >= 0.3 is 0 Å². The van der Waals surface area contributed by atoms with Gasteiger partial charge in [0.15, 0.2) is 16.6 Å². The third-order valence-corrected chi connectivity index (χ3v) is 6.60. The number of benzene rings is 1. The van der Waals surface area contributed by atoms with Crippen LogP contribution >= 0.6 is 43.5 Å². The van der Waals surface area contributed by atoms with E-state index in [-0.39, 0.29) is 0 Å². The fourth-order valence-corrected chi connectivity index (χ4v) is 4.67. The van der Waals surface area contributed by atoms with Crippen LogP contribution < -0.4 is 0 Å². The molecule has 0 aliphatic rings. The Bertz CT molecular complexity index is 822. The van der Waals surface area contributed by atoms with Gasteiger partial charge in [0, 0.05) is 0 Å². The summed E-state index contributed by atoms with van der Waals surface area (Å²) in [5.74, 6) is 0. The molecule has 20 heavy (non-hydrogen) atoms. The molecule has 0 amide bonds. The largest absolute Gasteiger partial charge is 0.231 e. The Morgan fingerprint density at radius 1 is 1.15 bits per heavy atom. The second-order valence-corrected chi connectivity index (χ2v) is 7.06. The molecule has 1 unspecified atom stereocenters. The Kier molecular flexibility index (Phi) is 3.94. The summed E-state index contributed by atoms with van der Waals surface area (Å²) in [6, 6.07) is 9.14. The lowest BCUT2D eigenvalue weighted by molar-refractivity contribution is 0.677. The zero-order valence-corrected chi connectivity index (χ0v) is 14.5. The summed E-state index contributed by atoms with van der Waals surface area (Å²) in [4.78, 5) is 8.80. The molecule has 0 aliphatic heterocycles. The topological polar surface area (TPSA) is 47.8 Å². The van der Waals surface area contributed by atoms with Gasteiger partial charge in [0.05, 0.1) is 14.8 Å². The monoisotopic (exact) mass is 433 g/mol. The van der Waals surface area contributed by atoms with Gasteiger partial charge in [-0.2, -0.15) is 0 Å². The molecule has 0 aliphatic carbocycles. The molecule has 3 aromatic rings. The number of halogens is 3. The van der Waals surface area contributed by atoms with Crippen LogP contribution in [0.1, 0.15) is 0 Å². The van der Waals surface area contributed by atoms with Gasteiger partial charge in [-0.1, -0.05) is 29.8 Å². The minimum Gasteiger partial charge on any atom is -0.231 e. The summed E-state index contributed by atoms with van der Waals surface area (Å²) in [6.45, 7) is 0. The molecule has 2 heterocycles. The molecule has 0 bridgehead atoms. The van der Waals surface area contributed by atoms with Crippen LogP contribution in [0.25, 0.3) is 11.0 Å². The van der Waals surface area contributed by atoms with E-state index in [0.717, 1.165) is 0 Å². The maximum absolute atomic E-state index is 12.7. The average Bonchev–Trinajstić information content (AvgIpc) is 2.72. The molecule has 2 aromatic heterocycles. The van der Waals surface area contributed by atoms with E-state index < -0.39 is 11.0 Å². The van der Waals surface area contributed by atoms with Gasteiger partial charge in [0.25, 0.3) is 0 Å². The first-order chi connectivity index (χ1) is 9.61. The van der Waals surface area contributed by atoms with Crippen molar-refractivity contribution in [1.82, 2.24) is 13.9 Å². The van der Waals surface area contributed by atoms with Crippen LogP contribution in [-0.4, -0.2) is 18.1 Å². The number of fused-ring (bicyclic) bond motifs is 1. The van der Waals surface area contributed by atoms with Gasteiger partial charge in [-0.05, 0) is 44.0 Å². The summed E-state index contributed by atoms with van der Waals surface area (Å²) in [7, 11) is -1.43. The predicted octanol–water partition coefficient (Wildman–Crippen LogP) is 4.18. The van der Waals surface area contributed by atoms with Crippen LogP contribution in [0, 0.1) is 0 Å². The Labute approximate surface area is 139 Å². The molecule has 0 radical (unpaired) electrons. The van der Waals surface area contributed by atoms with Crippen molar-refractivity contribution in [2.45, 2.75) is 4.90 Å². The summed E-state index contributed by atoms with van der Waals surface area (Å²) in [5.41, 5.74) is 0.505. The van der Waals surface area contributed by atoms with E-state index in [9.17, 15) is 4.21 Å². The predicted molar refractivity (Wildman–Crippen MR) is 86.2 cm³/mol.